The van der Waals surface area contributed by atoms with E-state index in [9.17, 15) is 25.3 Å². The molecular formula is C10H12N6O5. The van der Waals surface area contributed by atoms with E-state index in [0.717, 1.165) is 0 Å². The lowest BCUT2D eigenvalue weighted by Crippen LogP contribution is -2.21. The van der Waals surface area contributed by atoms with E-state index >= 15 is 0 Å². The molecule has 2 aromatic heterocycles. The Bertz CT molecular complexity index is 677. The van der Waals surface area contributed by atoms with E-state index in [4.69, 9.17) is 0 Å². The molecule has 0 saturated carbocycles. The van der Waals surface area contributed by atoms with E-state index < -0.39 is 16.0 Å². The average Bonchev–Trinajstić information content (AvgIpc) is 2.97. The van der Waals surface area contributed by atoms with E-state index in [2.05, 4.69) is 9.97 Å². The molecule has 0 fully saturated rings. The molecule has 0 saturated heterocycles. The van der Waals surface area contributed by atoms with Crippen LogP contribution in [0.15, 0.2) is 18.7 Å². The summed E-state index contributed by atoms with van der Waals surface area (Å²) in [5.41, 5.74) is 0. The Morgan fingerprint density at radius 3 is 2.43 bits per heavy atom. The van der Waals surface area contributed by atoms with Crippen LogP contribution in [-0.4, -0.2) is 40.2 Å². The van der Waals surface area contributed by atoms with Crippen molar-refractivity contribution in [3.63, 3.8) is 0 Å². The van der Waals surface area contributed by atoms with Crippen molar-refractivity contribution in [2.45, 2.75) is 26.1 Å². The van der Waals surface area contributed by atoms with Crippen LogP contribution in [0.25, 0.3) is 0 Å². The second-order valence-corrected chi connectivity index (χ2v) is 4.40. The molecule has 11 nitrogen and oxygen atoms in total. The number of nitro groups is 2. The third-order valence-electron chi connectivity index (χ3n) is 2.79. The van der Waals surface area contributed by atoms with Gasteiger partial charge in [0, 0.05) is 6.92 Å². The van der Waals surface area contributed by atoms with Gasteiger partial charge in [-0.3, -0.25) is 0 Å². The van der Waals surface area contributed by atoms with Crippen LogP contribution in [0.4, 0.5) is 11.6 Å². The van der Waals surface area contributed by atoms with Crippen LogP contribution in [0, 0.1) is 27.2 Å². The Hall–Kier alpha value is -2.82. The minimum atomic E-state index is -0.897. The number of aromatic nitrogens is 4. The van der Waals surface area contributed by atoms with Crippen LogP contribution in [0.5, 0.6) is 0 Å². The molecule has 2 heterocycles. The summed E-state index contributed by atoms with van der Waals surface area (Å²) in [5.74, 6) is -0.202. The van der Waals surface area contributed by atoms with Crippen molar-refractivity contribution in [2.75, 3.05) is 0 Å². The molecule has 112 valence electrons. The van der Waals surface area contributed by atoms with Crippen LogP contribution < -0.4 is 0 Å². The van der Waals surface area contributed by atoms with Gasteiger partial charge in [0.05, 0.1) is 19.2 Å². The zero-order chi connectivity index (χ0) is 15.6. The summed E-state index contributed by atoms with van der Waals surface area (Å²) in [6.07, 6.45) is 2.78. The highest BCUT2D eigenvalue weighted by molar-refractivity contribution is 5.16. The van der Waals surface area contributed by atoms with Gasteiger partial charge in [0.1, 0.15) is 12.4 Å². The first kappa shape index (κ1) is 14.6. The SMILES string of the molecule is Cc1nc([N+](=O)[O-])cn1C[C@@H](O)Cn1cnc([N+](=O)[O-])c1. The van der Waals surface area contributed by atoms with Gasteiger partial charge in [-0.2, -0.15) is 0 Å². The van der Waals surface area contributed by atoms with Gasteiger partial charge in [0.15, 0.2) is 0 Å². The second-order valence-electron chi connectivity index (χ2n) is 4.40. The minimum Gasteiger partial charge on any atom is -0.389 e. The molecular weight excluding hydrogens is 284 g/mol. The lowest BCUT2D eigenvalue weighted by atomic mass is 10.3. The highest BCUT2D eigenvalue weighted by Crippen LogP contribution is 2.12. The van der Waals surface area contributed by atoms with E-state index in [1.54, 1.807) is 6.92 Å². The maximum absolute atomic E-state index is 10.6. The predicted molar refractivity (Wildman–Crippen MR) is 68.5 cm³/mol. The van der Waals surface area contributed by atoms with Gasteiger partial charge in [0.25, 0.3) is 0 Å². The number of aliphatic hydroxyl groups excluding tert-OH is 1. The highest BCUT2D eigenvalue weighted by atomic mass is 16.6. The number of imidazole rings is 2. The number of hydrogen-bond acceptors (Lipinski definition) is 7. The third kappa shape index (κ3) is 3.39. The summed E-state index contributed by atoms with van der Waals surface area (Å²) in [6.45, 7) is 1.74. The quantitative estimate of drug-likeness (QED) is 0.595. The first-order valence-corrected chi connectivity index (χ1v) is 5.89. The van der Waals surface area contributed by atoms with Gasteiger partial charge < -0.3 is 34.5 Å². The summed E-state index contributed by atoms with van der Waals surface area (Å²) < 4.78 is 2.83. The normalized spacial score (nSPS) is 12.3. The molecule has 0 aliphatic carbocycles. The van der Waals surface area contributed by atoms with Gasteiger partial charge in [-0.05, 0) is 19.8 Å². The lowest BCUT2D eigenvalue weighted by Gasteiger charge is -2.10. The number of rotatable bonds is 6. The van der Waals surface area contributed by atoms with E-state index in [1.807, 2.05) is 0 Å². The molecule has 0 aromatic carbocycles. The molecule has 0 radical (unpaired) electrons. The first-order valence-electron chi connectivity index (χ1n) is 5.89. The topological polar surface area (TPSA) is 142 Å². The molecule has 1 atom stereocenters. The van der Waals surface area contributed by atoms with Crippen molar-refractivity contribution in [1.82, 2.24) is 19.1 Å². The standard InChI is InChI=1S/C10H12N6O5/c1-7-12-10(16(20)21)5-14(7)3-8(17)2-13-4-9(11-6-13)15(18)19/h4-6,8,17H,2-3H2,1H3/t8-/m0/s1. The van der Waals surface area contributed by atoms with E-state index in [0.29, 0.717) is 5.82 Å². The number of nitrogens with zero attached hydrogens (tertiary/aromatic N) is 6. The Morgan fingerprint density at radius 2 is 1.90 bits per heavy atom. The fourth-order valence-electron chi connectivity index (χ4n) is 1.84. The molecule has 11 heteroatoms. The van der Waals surface area contributed by atoms with Crippen LogP contribution in [0.1, 0.15) is 5.82 Å². The summed E-state index contributed by atoms with van der Waals surface area (Å²) in [5, 5.41) is 31.0. The van der Waals surface area contributed by atoms with Crippen molar-refractivity contribution in [3.8, 4) is 0 Å². The van der Waals surface area contributed by atoms with Crippen LogP contribution >= 0.6 is 0 Å². The molecule has 0 unspecified atom stereocenters. The van der Waals surface area contributed by atoms with Gasteiger partial charge in [-0.1, -0.05) is 0 Å². The van der Waals surface area contributed by atoms with Crippen molar-refractivity contribution in [1.29, 1.82) is 0 Å². The zero-order valence-corrected chi connectivity index (χ0v) is 11.0. The Morgan fingerprint density at radius 1 is 1.24 bits per heavy atom. The number of aryl methyl sites for hydroxylation is 1. The van der Waals surface area contributed by atoms with Crippen LogP contribution in [0.3, 0.4) is 0 Å². The van der Waals surface area contributed by atoms with Crippen molar-refractivity contribution in [2.24, 2.45) is 0 Å². The molecule has 2 aromatic rings. The molecule has 21 heavy (non-hydrogen) atoms. The Labute approximate surface area is 117 Å². The summed E-state index contributed by atoms with van der Waals surface area (Å²) in [7, 11) is 0. The minimum absolute atomic E-state index is 0.0757. The molecule has 1 N–H and O–H groups in total. The second kappa shape index (κ2) is 5.66. The van der Waals surface area contributed by atoms with Crippen molar-refractivity contribution in [3.05, 3.63) is 44.8 Å². The number of hydrogen-bond donors (Lipinski definition) is 1. The summed E-state index contributed by atoms with van der Waals surface area (Å²) in [6, 6.07) is 0. The number of aliphatic hydroxyl groups is 1. The lowest BCUT2D eigenvalue weighted by molar-refractivity contribution is -0.389. The first-order chi connectivity index (χ1) is 9.86. The maximum atomic E-state index is 10.6. The van der Waals surface area contributed by atoms with Crippen LogP contribution in [-0.2, 0) is 13.1 Å². The smallest absolute Gasteiger partial charge is 0.381 e. The van der Waals surface area contributed by atoms with E-state index in [-0.39, 0.29) is 24.7 Å². The zero-order valence-electron chi connectivity index (χ0n) is 11.0. The van der Waals surface area contributed by atoms with Gasteiger partial charge in [-0.15, -0.1) is 0 Å². The molecule has 0 aliphatic heterocycles. The summed E-state index contributed by atoms with van der Waals surface area (Å²) in [4.78, 5) is 27.2. The van der Waals surface area contributed by atoms with Gasteiger partial charge in [-0.25, -0.2) is 0 Å². The molecule has 0 spiro atoms. The van der Waals surface area contributed by atoms with Crippen molar-refractivity contribution >= 4 is 11.6 Å². The highest BCUT2D eigenvalue weighted by Gasteiger charge is 2.18. The Balaban J connectivity index is 2.02. The summed E-state index contributed by atoms with van der Waals surface area (Å²) >= 11 is 0. The van der Waals surface area contributed by atoms with Gasteiger partial charge in [0.2, 0.25) is 12.2 Å². The maximum Gasteiger partial charge on any atom is 0.381 e. The molecule has 0 amide bonds. The molecule has 2 rings (SSSR count). The average molecular weight is 296 g/mol. The van der Waals surface area contributed by atoms with Crippen molar-refractivity contribution < 1.29 is 15.0 Å². The van der Waals surface area contributed by atoms with Crippen LogP contribution in [0.2, 0.25) is 0 Å². The molecule has 0 bridgehead atoms. The van der Waals surface area contributed by atoms with E-state index in [1.165, 1.54) is 27.9 Å². The Kier molecular flexibility index (Phi) is 3.93. The fourth-order valence-corrected chi connectivity index (χ4v) is 1.84. The van der Waals surface area contributed by atoms with Gasteiger partial charge >= 0.3 is 11.6 Å². The third-order valence-corrected chi connectivity index (χ3v) is 2.79. The molecule has 0 aliphatic rings. The fraction of sp³-hybridized carbons (Fsp3) is 0.400. The predicted octanol–water partition coefficient (Wildman–Crippen LogP) is 0.266. The monoisotopic (exact) mass is 296 g/mol. The largest absolute Gasteiger partial charge is 0.389 e.